The van der Waals surface area contributed by atoms with E-state index in [-0.39, 0.29) is 11.5 Å². The molecule has 1 amide bonds. The Kier molecular flexibility index (Phi) is 4.02. The lowest BCUT2D eigenvalue weighted by Crippen LogP contribution is -2.27. The molecule has 0 saturated carbocycles. The Hall–Kier alpha value is -2.82. The second-order valence-corrected chi connectivity index (χ2v) is 5.73. The fraction of sp³-hybridized carbons (Fsp3) is 0.222. The number of hydrogen-bond acceptors (Lipinski definition) is 3. The first-order valence-electron chi connectivity index (χ1n) is 7.58. The average molecular weight is 310 g/mol. The Morgan fingerprint density at radius 1 is 0.957 bits per heavy atom. The van der Waals surface area contributed by atoms with Crippen LogP contribution in [0.1, 0.15) is 33.6 Å². The molecule has 0 atom stereocenters. The molecule has 23 heavy (non-hydrogen) atoms. The first kappa shape index (κ1) is 15.1. The van der Waals surface area contributed by atoms with Crippen molar-refractivity contribution in [1.82, 2.24) is 4.90 Å². The van der Waals surface area contributed by atoms with Crippen LogP contribution < -0.4 is 5.73 Å². The number of anilines is 1. The minimum atomic E-state index is -1.03. The zero-order valence-electron chi connectivity index (χ0n) is 12.7. The summed E-state index contributed by atoms with van der Waals surface area (Å²) in [5.41, 5.74) is 8.40. The Morgan fingerprint density at radius 3 is 2.35 bits per heavy atom. The van der Waals surface area contributed by atoms with Crippen molar-refractivity contribution in [2.75, 3.05) is 18.8 Å². The molecule has 118 valence electrons. The molecule has 1 aliphatic rings. The first-order chi connectivity index (χ1) is 11.0. The van der Waals surface area contributed by atoms with E-state index in [4.69, 9.17) is 10.8 Å². The van der Waals surface area contributed by atoms with Crippen molar-refractivity contribution < 1.29 is 14.7 Å². The van der Waals surface area contributed by atoms with Crippen molar-refractivity contribution in [3.63, 3.8) is 0 Å². The van der Waals surface area contributed by atoms with Gasteiger partial charge in [0.15, 0.2) is 0 Å². The maximum atomic E-state index is 12.5. The van der Waals surface area contributed by atoms with Gasteiger partial charge in [-0.15, -0.1) is 0 Å². The number of hydrogen-bond donors (Lipinski definition) is 2. The van der Waals surface area contributed by atoms with Gasteiger partial charge in [-0.25, -0.2) is 4.79 Å². The third-order valence-electron chi connectivity index (χ3n) is 4.04. The Bertz CT molecular complexity index is 765. The normalized spacial score (nSPS) is 14.0. The molecule has 0 spiro atoms. The van der Waals surface area contributed by atoms with Crippen LogP contribution in [0.15, 0.2) is 42.5 Å². The number of carbonyl (C=O) groups is 2. The number of nitrogens with two attached hydrogens (primary N) is 1. The lowest BCUT2D eigenvalue weighted by molar-refractivity contribution is 0.0696. The second-order valence-electron chi connectivity index (χ2n) is 5.73. The van der Waals surface area contributed by atoms with Crippen LogP contribution in [0.25, 0.3) is 11.1 Å². The molecule has 0 bridgehead atoms. The number of amides is 1. The summed E-state index contributed by atoms with van der Waals surface area (Å²) in [6.45, 7) is 1.59. The number of rotatable bonds is 3. The number of nitrogen functional groups attached to an aromatic ring is 1. The Labute approximate surface area is 134 Å². The van der Waals surface area contributed by atoms with E-state index in [1.54, 1.807) is 24.3 Å². The molecular weight excluding hydrogens is 292 g/mol. The minimum absolute atomic E-state index is 0.0201. The molecule has 0 aliphatic carbocycles. The van der Waals surface area contributed by atoms with Crippen LogP contribution in [-0.2, 0) is 0 Å². The number of benzene rings is 2. The topological polar surface area (TPSA) is 83.6 Å². The van der Waals surface area contributed by atoms with Crippen molar-refractivity contribution in [3.8, 4) is 11.1 Å². The van der Waals surface area contributed by atoms with Gasteiger partial charge in [-0.05, 0) is 54.3 Å². The van der Waals surface area contributed by atoms with E-state index >= 15 is 0 Å². The molecule has 5 nitrogen and oxygen atoms in total. The SMILES string of the molecule is Nc1cc(C(=O)O)cc(-c2cccc(C(=O)N3CCCC3)c2)c1. The molecule has 5 heteroatoms. The zero-order valence-corrected chi connectivity index (χ0v) is 12.7. The predicted molar refractivity (Wildman–Crippen MR) is 88.4 cm³/mol. The van der Waals surface area contributed by atoms with Gasteiger partial charge in [-0.2, -0.15) is 0 Å². The van der Waals surface area contributed by atoms with E-state index in [0.29, 0.717) is 16.8 Å². The van der Waals surface area contributed by atoms with Gasteiger partial charge < -0.3 is 15.7 Å². The monoisotopic (exact) mass is 310 g/mol. The third kappa shape index (κ3) is 3.18. The van der Waals surface area contributed by atoms with Gasteiger partial charge in [0.1, 0.15) is 0 Å². The molecule has 2 aromatic rings. The zero-order chi connectivity index (χ0) is 16.4. The molecule has 1 fully saturated rings. The highest BCUT2D eigenvalue weighted by atomic mass is 16.4. The highest BCUT2D eigenvalue weighted by Crippen LogP contribution is 2.25. The molecular formula is C18H18N2O3. The standard InChI is InChI=1S/C18H18N2O3/c19-16-10-14(9-15(11-16)18(22)23)12-4-3-5-13(8-12)17(21)20-6-1-2-7-20/h3-5,8-11H,1-2,6-7,19H2,(H,22,23). The van der Waals surface area contributed by atoms with Crippen LogP contribution >= 0.6 is 0 Å². The summed E-state index contributed by atoms with van der Waals surface area (Å²) in [5.74, 6) is -1.01. The van der Waals surface area contributed by atoms with Crippen molar-refractivity contribution in [3.05, 3.63) is 53.6 Å². The predicted octanol–water partition coefficient (Wildman–Crippen LogP) is 2.87. The molecule has 3 N–H and O–H groups in total. The van der Waals surface area contributed by atoms with E-state index in [1.165, 1.54) is 6.07 Å². The summed E-state index contributed by atoms with van der Waals surface area (Å²) in [4.78, 5) is 25.5. The Balaban J connectivity index is 1.96. The molecule has 1 heterocycles. The molecule has 0 radical (unpaired) electrons. The molecule has 3 rings (SSSR count). The van der Waals surface area contributed by atoms with E-state index in [2.05, 4.69) is 0 Å². The smallest absolute Gasteiger partial charge is 0.335 e. The van der Waals surface area contributed by atoms with Gasteiger partial charge in [0.2, 0.25) is 0 Å². The largest absolute Gasteiger partial charge is 0.478 e. The van der Waals surface area contributed by atoms with E-state index in [1.807, 2.05) is 17.0 Å². The molecule has 2 aromatic carbocycles. The van der Waals surface area contributed by atoms with Gasteiger partial charge in [-0.3, -0.25) is 4.79 Å². The summed E-state index contributed by atoms with van der Waals surface area (Å²) >= 11 is 0. The molecule has 0 aromatic heterocycles. The van der Waals surface area contributed by atoms with Crippen molar-refractivity contribution in [2.45, 2.75) is 12.8 Å². The fourth-order valence-corrected chi connectivity index (χ4v) is 2.88. The van der Waals surface area contributed by atoms with Crippen LogP contribution in [0.2, 0.25) is 0 Å². The number of aromatic carboxylic acids is 1. The van der Waals surface area contributed by atoms with Crippen LogP contribution in [0.3, 0.4) is 0 Å². The van der Waals surface area contributed by atoms with Gasteiger partial charge >= 0.3 is 5.97 Å². The minimum Gasteiger partial charge on any atom is -0.478 e. The number of nitrogens with zero attached hydrogens (tertiary/aromatic N) is 1. The second kappa shape index (κ2) is 6.12. The van der Waals surface area contributed by atoms with Crippen molar-refractivity contribution in [1.29, 1.82) is 0 Å². The van der Waals surface area contributed by atoms with Crippen LogP contribution in [0, 0.1) is 0 Å². The van der Waals surface area contributed by atoms with Crippen LogP contribution in [0.5, 0.6) is 0 Å². The van der Waals surface area contributed by atoms with Gasteiger partial charge in [0, 0.05) is 24.3 Å². The maximum absolute atomic E-state index is 12.5. The number of carboxylic acids is 1. The summed E-state index contributed by atoms with van der Waals surface area (Å²) in [6, 6.07) is 11.9. The lowest BCUT2D eigenvalue weighted by atomic mass is 10.00. The highest BCUT2D eigenvalue weighted by Gasteiger charge is 2.19. The van der Waals surface area contributed by atoms with Crippen LogP contribution in [-0.4, -0.2) is 35.0 Å². The average Bonchev–Trinajstić information content (AvgIpc) is 3.08. The maximum Gasteiger partial charge on any atom is 0.335 e. The number of likely N-dealkylation sites (tertiary alicyclic amines) is 1. The Morgan fingerprint density at radius 2 is 1.65 bits per heavy atom. The molecule has 1 aliphatic heterocycles. The van der Waals surface area contributed by atoms with Gasteiger partial charge in [-0.1, -0.05) is 12.1 Å². The molecule has 0 unspecified atom stereocenters. The van der Waals surface area contributed by atoms with Gasteiger partial charge in [0.25, 0.3) is 5.91 Å². The summed E-state index contributed by atoms with van der Waals surface area (Å²) in [5, 5.41) is 9.15. The molecule has 1 saturated heterocycles. The van der Waals surface area contributed by atoms with Crippen molar-refractivity contribution >= 4 is 17.6 Å². The quantitative estimate of drug-likeness (QED) is 0.854. The summed E-state index contributed by atoms with van der Waals surface area (Å²) < 4.78 is 0. The lowest BCUT2D eigenvalue weighted by Gasteiger charge is -2.16. The summed E-state index contributed by atoms with van der Waals surface area (Å²) in [6.07, 6.45) is 2.09. The fourth-order valence-electron chi connectivity index (χ4n) is 2.88. The van der Waals surface area contributed by atoms with E-state index < -0.39 is 5.97 Å². The highest BCUT2D eigenvalue weighted by molar-refractivity contribution is 5.96. The summed E-state index contributed by atoms with van der Waals surface area (Å²) in [7, 11) is 0. The first-order valence-corrected chi connectivity index (χ1v) is 7.58. The van der Waals surface area contributed by atoms with Crippen molar-refractivity contribution in [2.24, 2.45) is 0 Å². The van der Waals surface area contributed by atoms with Gasteiger partial charge in [0.05, 0.1) is 5.56 Å². The number of carbonyl (C=O) groups excluding carboxylic acids is 1. The van der Waals surface area contributed by atoms with E-state index in [9.17, 15) is 9.59 Å². The third-order valence-corrected chi connectivity index (χ3v) is 4.04. The van der Waals surface area contributed by atoms with Crippen LogP contribution in [0.4, 0.5) is 5.69 Å². The number of carboxylic acid groups (broad SMARTS) is 1. The van der Waals surface area contributed by atoms with E-state index in [0.717, 1.165) is 31.5 Å².